The van der Waals surface area contributed by atoms with E-state index in [0.29, 0.717) is 22.5 Å². The first-order valence-electron chi connectivity index (χ1n) is 6.32. The number of benzene rings is 1. The van der Waals surface area contributed by atoms with E-state index in [4.69, 9.17) is 26.8 Å². The molecule has 1 heterocycles. The Morgan fingerprint density at radius 3 is 2.48 bits per heavy atom. The molecule has 2 aromatic rings. The van der Waals surface area contributed by atoms with Gasteiger partial charge in [-0.25, -0.2) is 4.98 Å². The highest BCUT2D eigenvalue weighted by Crippen LogP contribution is 2.31. The predicted octanol–water partition coefficient (Wildman–Crippen LogP) is 2.90. The van der Waals surface area contributed by atoms with Gasteiger partial charge in [0.15, 0.2) is 11.5 Å². The molecule has 0 aliphatic carbocycles. The Bertz CT molecular complexity index is 616. The van der Waals surface area contributed by atoms with Crippen LogP contribution in [0.15, 0.2) is 24.3 Å². The number of hydrogen-bond acceptors (Lipinski definition) is 6. The van der Waals surface area contributed by atoms with Crippen molar-refractivity contribution in [3.8, 4) is 11.5 Å². The number of nitrogens with zero attached hydrogens (tertiary/aromatic N) is 2. The van der Waals surface area contributed by atoms with Gasteiger partial charge in [-0.3, -0.25) is 0 Å². The zero-order chi connectivity index (χ0) is 15.4. The molecule has 1 aromatic carbocycles. The largest absolute Gasteiger partial charge is 0.493 e. The fraction of sp³-hybridized carbons (Fsp3) is 0.286. The molecule has 0 aliphatic heterocycles. The third kappa shape index (κ3) is 3.66. The average Bonchev–Trinajstić information content (AvgIpc) is 2.45. The van der Waals surface area contributed by atoms with Crippen molar-refractivity contribution in [2.45, 2.75) is 13.0 Å². The summed E-state index contributed by atoms with van der Waals surface area (Å²) in [5, 5.41) is 3.51. The number of nitrogens with two attached hydrogens (primary N) is 1. The van der Waals surface area contributed by atoms with Crippen LogP contribution in [-0.2, 0) is 0 Å². The molecule has 1 atom stereocenters. The summed E-state index contributed by atoms with van der Waals surface area (Å²) >= 11 is 5.86. The molecule has 6 nitrogen and oxygen atoms in total. The highest BCUT2D eigenvalue weighted by atomic mass is 35.5. The Labute approximate surface area is 128 Å². The topological polar surface area (TPSA) is 82.3 Å². The van der Waals surface area contributed by atoms with Gasteiger partial charge >= 0.3 is 0 Å². The maximum absolute atomic E-state index is 5.86. The van der Waals surface area contributed by atoms with Crippen molar-refractivity contribution in [2.75, 3.05) is 25.3 Å². The molecule has 0 radical (unpaired) electrons. The SMILES string of the molecule is COc1ccc([C@@H](C)Nc2cc(Cl)nc(N)n2)cc1OC. The van der Waals surface area contributed by atoms with Crippen LogP contribution in [0.5, 0.6) is 11.5 Å². The molecular formula is C14H17ClN4O2. The summed E-state index contributed by atoms with van der Waals surface area (Å²) in [6.45, 7) is 1.99. The van der Waals surface area contributed by atoms with Crippen LogP contribution >= 0.6 is 11.6 Å². The molecular weight excluding hydrogens is 292 g/mol. The Balaban J connectivity index is 2.21. The summed E-state index contributed by atoms with van der Waals surface area (Å²) < 4.78 is 10.5. The molecule has 0 unspecified atom stereocenters. The van der Waals surface area contributed by atoms with E-state index in [1.165, 1.54) is 0 Å². The average molecular weight is 309 g/mol. The van der Waals surface area contributed by atoms with E-state index in [9.17, 15) is 0 Å². The van der Waals surface area contributed by atoms with Gasteiger partial charge in [-0.1, -0.05) is 17.7 Å². The molecule has 0 spiro atoms. The van der Waals surface area contributed by atoms with Gasteiger partial charge in [-0.15, -0.1) is 0 Å². The van der Waals surface area contributed by atoms with E-state index in [-0.39, 0.29) is 12.0 Å². The molecule has 2 rings (SSSR count). The summed E-state index contributed by atoms with van der Waals surface area (Å²) in [4.78, 5) is 7.91. The Hall–Kier alpha value is -2.21. The smallest absolute Gasteiger partial charge is 0.223 e. The first-order chi connectivity index (χ1) is 10.0. The van der Waals surface area contributed by atoms with Crippen LogP contribution in [0.3, 0.4) is 0 Å². The lowest BCUT2D eigenvalue weighted by Crippen LogP contribution is -2.09. The Morgan fingerprint density at radius 1 is 1.14 bits per heavy atom. The van der Waals surface area contributed by atoms with Crippen molar-refractivity contribution in [1.82, 2.24) is 9.97 Å². The van der Waals surface area contributed by atoms with Crippen molar-refractivity contribution < 1.29 is 9.47 Å². The molecule has 0 fully saturated rings. The lowest BCUT2D eigenvalue weighted by Gasteiger charge is -2.17. The lowest BCUT2D eigenvalue weighted by atomic mass is 10.1. The van der Waals surface area contributed by atoms with Gasteiger partial charge < -0.3 is 20.5 Å². The van der Waals surface area contributed by atoms with E-state index >= 15 is 0 Å². The minimum atomic E-state index is -0.0184. The van der Waals surface area contributed by atoms with E-state index in [1.807, 2.05) is 25.1 Å². The highest BCUT2D eigenvalue weighted by Gasteiger charge is 2.11. The number of rotatable bonds is 5. The maximum atomic E-state index is 5.86. The van der Waals surface area contributed by atoms with Crippen LogP contribution in [0.1, 0.15) is 18.5 Å². The monoisotopic (exact) mass is 308 g/mol. The number of nitrogens with one attached hydrogen (secondary N) is 1. The van der Waals surface area contributed by atoms with E-state index in [0.717, 1.165) is 5.56 Å². The van der Waals surface area contributed by atoms with Gasteiger partial charge in [-0.05, 0) is 24.6 Å². The molecule has 21 heavy (non-hydrogen) atoms. The third-order valence-electron chi connectivity index (χ3n) is 2.98. The van der Waals surface area contributed by atoms with Crippen LogP contribution in [0.25, 0.3) is 0 Å². The van der Waals surface area contributed by atoms with Crippen molar-refractivity contribution >= 4 is 23.4 Å². The summed E-state index contributed by atoms with van der Waals surface area (Å²) in [6, 6.07) is 7.31. The first kappa shape index (κ1) is 15.2. The normalized spacial score (nSPS) is 11.8. The maximum Gasteiger partial charge on any atom is 0.223 e. The summed E-state index contributed by atoms with van der Waals surface area (Å²) in [5.74, 6) is 2.05. The molecule has 0 amide bonds. The number of ether oxygens (including phenoxy) is 2. The Kier molecular flexibility index (Phi) is 4.70. The van der Waals surface area contributed by atoms with E-state index in [1.54, 1.807) is 20.3 Å². The minimum absolute atomic E-state index is 0.0184. The Morgan fingerprint density at radius 2 is 1.86 bits per heavy atom. The molecule has 0 aliphatic rings. The van der Waals surface area contributed by atoms with Gasteiger partial charge in [0, 0.05) is 6.07 Å². The van der Waals surface area contributed by atoms with Crippen molar-refractivity contribution in [3.63, 3.8) is 0 Å². The van der Waals surface area contributed by atoms with Crippen molar-refractivity contribution in [1.29, 1.82) is 0 Å². The second-order valence-corrected chi connectivity index (χ2v) is 4.80. The third-order valence-corrected chi connectivity index (χ3v) is 3.18. The zero-order valence-corrected chi connectivity index (χ0v) is 12.8. The van der Waals surface area contributed by atoms with Crippen LogP contribution in [-0.4, -0.2) is 24.2 Å². The summed E-state index contributed by atoms with van der Waals surface area (Å²) in [7, 11) is 3.20. The van der Waals surface area contributed by atoms with Gasteiger partial charge in [0.25, 0.3) is 0 Å². The number of halogens is 1. The first-order valence-corrected chi connectivity index (χ1v) is 6.69. The molecule has 7 heteroatoms. The molecule has 0 bridgehead atoms. The fourth-order valence-corrected chi connectivity index (χ4v) is 2.13. The number of nitrogen functional groups attached to an aromatic ring is 1. The second-order valence-electron chi connectivity index (χ2n) is 4.41. The molecule has 3 N–H and O–H groups in total. The molecule has 1 aromatic heterocycles. The van der Waals surface area contributed by atoms with Gasteiger partial charge in [0.05, 0.1) is 20.3 Å². The number of hydrogen-bond donors (Lipinski definition) is 2. The standard InChI is InChI=1S/C14H17ClN4O2/c1-8(17-13-7-12(15)18-14(16)19-13)9-4-5-10(20-2)11(6-9)21-3/h4-8H,1-3H3,(H3,16,17,18,19)/t8-/m1/s1. The van der Waals surface area contributed by atoms with Gasteiger partial charge in [0.1, 0.15) is 11.0 Å². The quantitative estimate of drug-likeness (QED) is 0.826. The zero-order valence-electron chi connectivity index (χ0n) is 12.1. The number of methoxy groups -OCH3 is 2. The van der Waals surface area contributed by atoms with Crippen LogP contribution in [0.2, 0.25) is 5.15 Å². The highest BCUT2D eigenvalue weighted by molar-refractivity contribution is 6.29. The molecule has 112 valence electrons. The molecule has 0 saturated carbocycles. The van der Waals surface area contributed by atoms with Crippen molar-refractivity contribution in [3.05, 3.63) is 35.0 Å². The van der Waals surface area contributed by atoms with Crippen LogP contribution in [0.4, 0.5) is 11.8 Å². The fourth-order valence-electron chi connectivity index (χ4n) is 1.94. The van der Waals surface area contributed by atoms with Crippen LogP contribution < -0.4 is 20.5 Å². The summed E-state index contributed by atoms with van der Waals surface area (Å²) in [6.07, 6.45) is 0. The predicted molar refractivity (Wildman–Crippen MR) is 83.0 cm³/mol. The van der Waals surface area contributed by atoms with Gasteiger partial charge in [0.2, 0.25) is 5.95 Å². The number of anilines is 2. The second kappa shape index (κ2) is 6.49. The minimum Gasteiger partial charge on any atom is -0.493 e. The van der Waals surface area contributed by atoms with Gasteiger partial charge in [-0.2, -0.15) is 4.98 Å². The van der Waals surface area contributed by atoms with Crippen LogP contribution in [0, 0.1) is 0 Å². The van der Waals surface area contributed by atoms with E-state index in [2.05, 4.69) is 15.3 Å². The molecule has 0 saturated heterocycles. The van der Waals surface area contributed by atoms with E-state index < -0.39 is 0 Å². The lowest BCUT2D eigenvalue weighted by molar-refractivity contribution is 0.354. The number of aromatic nitrogens is 2. The summed E-state index contributed by atoms with van der Waals surface area (Å²) in [5.41, 5.74) is 6.59. The van der Waals surface area contributed by atoms with Crippen molar-refractivity contribution in [2.24, 2.45) is 0 Å².